The lowest BCUT2D eigenvalue weighted by atomic mass is 10.1. The Hall–Kier alpha value is -2.08. The van der Waals surface area contributed by atoms with E-state index in [1.54, 1.807) is 12.1 Å². The predicted octanol–water partition coefficient (Wildman–Crippen LogP) is 0.422. The van der Waals surface area contributed by atoms with E-state index in [4.69, 9.17) is 9.57 Å². The van der Waals surface area contributed by atoms with Crippen LogP contribution in [-0.2, 0) is 20.8 Å². The summed E-state index contributed by atoms with van der Waals surface area (Å²) in [7, 11) is 1.49. The molecule has 6 heteroatoms. The van der Waals surface area contributed by atoms with Crippen molar-refractivity contribution in [2.45, 2.75) is 13.3 Å². The van der Waals surface area contributed by atoms with Crippen LogP contribution in [0.25, 0.3) is 0 Å². The van der Waals surface area contributed by atoms with Crippen molar-refractivity contribution in [3.8, 4) is 5.75 Å². The minimum absolute atomic E-state index is 0.181. The van der Waals surface area contributed by atoms with Crippen LogP contribution in [0, 0.1) is 0 Å². The molecule has 0 saturated carbocycles. The molecule has 2 amide bonds. The van der Waals surface area contributed by atoms with Gasteiger partial charge in [-0.3, -0.25) is 14.4 Å². The van der Waals surface area contributed by atoms with Gasteiger partial charge in [0.2, 0.25) is 11.8 Å². The Bertz CT molecular complexity index is 417. The average molecular weight is 266 g/mol. The van der Waals surface area contributed by atoms with Crippen LogP contribution in [0.1, 0.15) is 12.5 Å². The van der Waals surface area contributed by atoms with Crippen molar-refractivity contribution in [1.82, 2.24) is 10.8 Å². The maximum absolute atomic E-state index is 11.5. The first kappa shape index (κ1) is 15.0. The number of nitrogens with one attached hydrogen (secondary N) is 2. The maximum atomic E-state index is 11.5. The summed E-state index contributed by atoms with van der Waals surface area (Å²) in [6.45, 7) is 2.31. The van der Waals surface area contributed by atoms with Crippen LogP contribution in [0.5, 0.6) is 5.75 Å². The maximum Gasteiger partial charge on any atom is 0.248 e. The molecule has 104 valence electrons. The highest BCUT2D eigenvalue weighted by atomic mass is 16.7. The van der Waals surface area contributed by atoms with Gasteiger partial charge in [-0.25, -0.2) is 5.48 Å². The van der Waals surface area contributed by atoms with E-state index in [0.29, 0.717) is 6.61 Å². The van der Waals surface area contributed by atoms with Crippen LogP contribution >= 0.6 is 0 Å². The lowest BCUT2D eigenvalue weighted by Crippen LogP contribution is -2.31. The lowest BCUT2D eigenvalue weighted by Gasteiger charge is -2.06. The first-order chi connectivity index (χ1) is 9.15. The molecule has 0 bridgehead atoms. The van der Waals surface area contributed by atoms with Gasteiger partial charge < -0.3 is 10.1 Å². The number of rotatable bonds is 7. The molecule has 0 aromatic heterocycles. The summed E-state index contributed by atoms with van der Waals surface area (Å²) in [5, 5.41) is 2.38. The van der Waals surface area contributed by atoms with E-state index >= 15 is 0 Å². The third-order valence-electron chi connectivity index (χ3n) is 2.27. The Balaban J connectivity index is 2.33. The average Bonchev–Trinajstić information content (AvgIpc) is 2.41. The molecule has 0 aliphatic rings. The van der Waals surface area contributed by atoms with E-state index in [2.05, 4.69) is 10.8 Å². The first-order valence-electron chi connectivity index (χ1n) is 5.98. The number of hydroxylamine groups is 1. The monoisotopic (exact) mass is 266 g/mol. The molecule has 0 aliphatic heterocycles. The van der Waals surface area contributed by atoms with Crippen molar-refractivity contribution < 1.29 is 19.2 Å². The molecular weight excluding hydrogens is 248 g/mol. The van der Waals surface area contributed by atoms with Crippen LogP contribution in [0.15, 0.2) is 24.3 Å². The van der Waals surface area contributed by atoms with Crippen molar-refractivity contribution in [2.75, 3.05) is 20.3 Å². The number of hydrogen-bond acceptors (Lipinski definition) is 4. The topological polar surface area (TPSA) is 76.7 Å². The van der Waals surface area contributed by atoms with Crippen LogP contribution in [0.2, 0.25) is 0 Å². The molecule has 0 unspecified atom stereocenters. The molecule has 0 fully saturated rings. The standard InChI is InChI=1S/C13H18N2O4/c1-3-18-11-6-4-10(5-7-11)8-12(16)15-19-9-13(17)14-2/h4-7H,3,8-9H2,1-2H3,(H,14,17)(H,15,16). The molecule has 19 heavy (non-hydrogen) atoms. The normalized spacial score (nSPS) is 9.79. The minimum Gasteiger partial charge on any atom is -0.494 e. The molecule has 1 aromatic rings. The second-order valence-corrected chi connectivity index (χ2v) is 3.74. The third-order valence-corrected chi connectivity index (χ3v) is 2.27. The fourth-order valence-corrected chi connectivity index (χ4v) is 1.35. The van der Waals surface area contributed by atoms with Crippen LogP contribution in [0.3, 0.4) is 0 Å². The van der Waals surface area contributed by atoms with Crippen molar-refractivity contribution in [1.29, 1.82) is 0 Å². The van der Waals surface area contributed by atoms with Crippen molar-refractivity contribution >= 4 is 11.8 Å². The summed E-state index contributed by atoms with van der Waals surface area (Å²) in [5.74, 6) is 0.150. The Kier molecular flexibility index (Phi) is 6.38. The molecule has 2 N–H and O–H groups in total. The minimum atomic E-state index is -0.312. The molecule has 0 aliphatic carbocycles. The molecule has 6 nitrogen and oxygen atoms in total. The van der Waals surface area contributed by atoms with E-state index in [1.165, 1.54) is 7.05 Å². The number of likely N-dealkylation sites (N-methyl/N-ethyl adjacent to an activating group) is 1. The zero-order chi connectivity index (χ0) is 14.1. The third kappa shape index (κ3) is 5.87. The lowest BCUT2D eigenvalue weighted by molar-refractivity contribution is -0.138. The number of carbonyl (C=O) groups is 2. The number of hydrogen-bond donors (Lipinski definition) is 2. The smallest absolute Gasteiger partial charge is 0.248 e. The summed E-state index contributed by atoms with van der Waals surface area (Å²) in [4.78, 5) is 27.1. The fourth-order valence-electron chi connectivity index (χ4n) is 1.35. The summed E-state index contributed by atoms with van der Waals surface area (Å²) in [6, 6.07) is 7.22. The van der Waals surface area contributed by atoms with Crippen LogP contribution < -0.4 is 15.5 Å². The number of carbonyl (C=O) groups excluding carboxylic acids is 2. The summed E-state index contributed by atoms with van der Waals surface area (Å²) in [5.41, 5.74) is 3.04. The van der Waals surface area contributed by atoms with Gasteiger partial charge in [0.25, 0.3) is 0 Å². The van der Waals surface area contributed by atoms with Gasteiger partial charge in [0.15, 0.2) is 6.61 Å². The molecule has 0 atom stereocenters. The number of benzene rings is 1. The van der Waals surface area contributed by atoms with Gasteiger partial charge in [-0.05, 0) is 24.6 Å². The molecule has 0 radical (unpaired) electrons. The van der Waals surface area contributed by atoms with Gasteiger partial charge in [-0.2, -0.15) is 0 Å². The Morgan fingerprint density at radius 1 is 1.16 bits per heavy atom. The zero-order valence-corrected chi connectivity index (χ0v) is 11.1. The number of ether oxygens (including phenoxy) is 1. The van der Waals surface area contributed by atoms with Gasteiger partial charge >= 0.3 is 0 Å². The molecule has 1 aromatic carbocycles. The summed E-state index contributed by atoms with van der Waals surface area (Å²) < 4.78 is 5.30. The van der Waals surface area contributed by atoms with E-state index in [0.717, 1.165) is 11.3 Å². The van der Waals surface area contributed by atoms with Crippen LogP contribution in [0.4, 0.5) is 0 Å². The highest BCUT2D eigenvalue weighted by Gasteiger charge is 2.05. The van der Waals surface area contributed by atoms with Crippen molar-refractivity contribution in [3.05, 3.63) is 29.8 Å². The largest absolute Gasteiger partial charge is 0.494 e. The second-order valence-electron chi connectivity index (χ2n) is 3.74. The molecule has 1 rings (SSSR count). The molecule has 0 saturated heterocycles. The second kappa shape index (κ2) is 8.10. The Morgan fingerprint density at radius 2 is 1.84 bits per heavy atom. The highest BCUT2D eigenvalue weighted by Crippen LogP contribution is 2.12. The quantitative estimate of drug-likeness (QED) is 0.701. The van der Waals surface area contributed by atoms with E-state index in [-0.39, 0.29) is 24.8 Å². The van der Waals surface area contributed by atoms with E-state index in [9.17, 15) is 9.59 Å². The Morgan fingerprint density at radius 3 is 2.42 bits per heavy atom. The predicted molar refractivity (Wildman–Crippen MR) is 69.5 cm³/mol. The van der Waals surface area contributed by atoms with Gasteiger partial charge in [0, 0.05) is 7.05 Å². The highest BCUT2D eigenvalue weighted by molar-refractivity contribution is 5.79. The Labute approximate surface area is 112 Å². The fraction of sp³-hybridized carbons (Fsp3) is 0.385. The molecule has 0 spiro atoms. The SMILES string of the molecule is CCOc1ccc(CC(=O)NOCC(=O)NC)cc1. The van der Waals surface area contributed by atoms with Gasteiger partial charge in [-0.15, -0.1) is 0 Å². The van der Waals surface area contributed by atoms with Crippen LogP contribution in [-0.4, -0.2) is 32.1 Å². The van der Waals surface area contributed by atoms with Gasteiger partial charge in [0.1, 0.15) is 5.75 Å². The first-order valence-corrected chi connectivity index (χ1v) is 5.98. The van der Waals surface area contributed by atoms with Crippen molar-refractivity contribution in [3.63, 3.8) is 0 Å². The van der Waals surface area contributed by atoms with Gasteiger partial charge in [0.05, 0.1) is 13.0 Å². The van der Waals surface area contributed by atoms with Crippen molar-refractivity contribution in [2.24, 2.45) is 0 Å². The summed E-state index contributed by atoms with van der Waals surface area (Å²) >= 11 is 0. The van der Waals surface area contributed by atoms with Gasteiger partial charge in [-0.1, -0.05) is 12.1 Å². The number of amides is 2. The summed E-state index contributed by atoms with van der Waals surface area (Å²) in [6.07, 6.45) is 0.181. The molecule has 0 heterocycles. The van der Waals surface area contributed by atoms with E-state index in [1.807, 2.05) is 19.1 Å². The zero-order valence-electron chi connectivity index (χ0n) is 11.1. The van der Waals surface area contributed by atoms with E-state index < -0.39 is 0 Å². The molecular formula is C13H18N2O4.